The third-order valence-corrected chi connectivity index (χ3v) is 5.55. The normalized spacial score (nSPS) is 11.6. The number of carbonyl (C=O) groups is 1. The summed E-state index contributed by atoms with van der Waals surface area (Å²) >= 11 is 0. The van der Waals surface area contributed by atoms with Crippen LogP contribution in [0.25, 0.3) is 10.9 Å². The third-order valence-electron chi connectivity index (χ3n) is 5.55. The van der Waals surface area contributed by atoms with Gasteiger partial charge in [0.2, 0.25) is 0 Å². The number of carboxylic acid groups (broad SMARTS) is 1. The molecular weight excluding hydrogens is 418 g/mol. The van der Waals surface area contributed by atoms with E-state index in [0.717, 1.165) is 47.1 Å². The van der Waals surface area contributed by atoms with Crippen LogP contribution in [0.15, 0.2) is 71.7 Å². The van der Waals surface area contributed by atoms with Gasteiger partial charge < -0.3 is 14.8 Å². The number of fused-ring (bicyclic) bond motifs is 1. The number of imidazole rings is 1. The number of hydrogen-bond acceptors (Lipinski definition) is 4. The maximum absolute atomic E-state index is 12.4. The van der Waals surface area contributed by atoms with E-state index in [1.807, 2.05) is 54.7 Å². The molecule has 33 heavy (non-hydrogen) atoms. The molecule has 0 unspecified atom stereocenters. The second kappa shape index (κ2) is 9.32. The molecule has 0 saturated carbocycles. The first-order valence-corrected chi connectivity index (χ1v) is 10.9. The minimum Gasteiger partial charge on any atom is -0.478 e. The van der Waals surface area contributed by atoms with E-state index in [-0.39, 0.29) is 5.69 Å². The lowest BCUT2D eigenvalue weighted by molar-refractivity contribution is -0.152. The van der Waals surface area contributed by atoms with Crippen molar-refractivity contribution in [3.63, 3.8) is 0 Å². The molecule has 0 atom stereocenters. The quantitative estimate of drug-likeness (QED) is 0.403. The van der Waals surface area contributed by atoms with Crippen LogP contribution in [0.4, 0.5) is 0 Å². The second-order valence-electron chi connectivity index (χ2n) is 8.62. The summed E-state index contributed by atoms with van der Waals surface area (Å²) < 4.78 is 7.19. The van der Waals surface area contributed by atoms with E-state index in [9.17, 15) is 14.7 Å². The molecule has 170 valence electrons. The molecule has 0 aliphatic heterocycles. The van der Waals surface area contributed by atoms with Crippen LogP contribution < -0.4 is 10.4 Å². The summed E-state index contributed by atoms with van der Waals surface area (Å²) in [5, 5.41) is 10.2. The minimum absolute atomic E-state index is 0.137. The Kier molecular flexibility index (Phi) is 6.31. The topological polar surface area (TPSA) is 97.2 Å². The van der Waals surface area contributed by atoms with Crippen LogP contribution >= 0.6 is 0 Å². The van der Waals surface area contributed by atoms with Crippen molar-refractivity contribution in [3.05, 3.63) is 94.3 Å². The summed E-state index contributed by atoms with van der Waals surface area (Å²) in [6.07, 6.45) is 4.32. The number of para-hydroxylation sites is 1. The highest BCUT2D eigenvalue weighted by Crippen LogP contribution is 2.20. The van der Waals surface area contributed by atoms with E-state index < -0.39 is 11.6 Å². The Morgan fingerprint density at radius 1 is 1.06 bits per heavy atom. The molecule has 7 heteroatoms. The first kappa shape index (κ1) is 22.3. The Morgan fingerprint density at radius 3 is 2.58 bits per heavy atom. The molecule has 0 bridgehead atoms. The molecule has 0 radical (unpaired) electrons. The molecule has 0 saturated heterocycles. The highest BCUT2D eigenvalue weighted by molar-refractivity contribution is 5.78. The van der Waals surface area contributed by atoms with Gasteiger partial charge in [-0.3, -0.25) is 9.55 Å². The number of ether oxygens (including phenoxy) is 1. The van der Waals surface area contributed by atoms with Gasteiger partial charge in [-0.25, -0.2) is 9.59 Å². The summed E-state index contributed by atoms with van der Waals surface area (Å²) in [7, 11) is 0. The molecule has 2 N–H and O–H groups in total. The lowest BCUT2D eigenvalue weighted by Gasteiger charge is -2.21. The van der Waals surface area contributed by atoms with Gasteiger partial charge in [-0.1, -0.05) is 36.4 Å². The van der Waals surface area contributed by atoms with Crippen molar-refractivity contribution >= 4 is 16.9 Å². The molecule has 0 amide bonds. The largest absolute Gasteiger partial charge is 0.478 e. The first-order valence-electron chi connectivity index (χ1n) is 10.9. The smallest absolute Gasteiger partial charge is 0.347 e. The first-order chi connectivity index (χ1) is 15.8. The van der Waals surface area contributed by atoms with Crippen LogP contribution in [-0.4, -0.2) is 31.2 Å². The fraction of sp³-hybridized carbons (Fsp3) is 0.269. The lowest BCUT2D eigenvalue weighted by atomic mass is 10.1. The van der Waals surface area contributed by atoms with E-state index in [2.05, 4.69) is 9.97 Å². The molecule has 7 nitrogen and oxygen atoms in total. The predicted octanol–water partition coefficient (Wildman–Crippen LogP) is 4.19. The van der Waals surface area contributed by atoms with Crippen LogP contribution in [0.1, 0.15) is 37.2 Å². The predicted molar refractivity (Wildman–Crippen MR) is 127 cm³/mol. The molecule has 2 aromatic carbocycles. The Bertz CT molecular complexity index is 1320. The fourth-order valence-electron chi connectivity index (χ4n) is 3.65. The van der Waals surface area contributed by atoms with Crippen molar-refractivity contribution in [1.29, 1.82) is 0 Å². The number of carboxylic acids is 1. The van der Waals surface area contributed by atoms with Crippen molar-refractivity contribution in [1.82, 2.24) is 14.5 Å². The maximum Gasteiger partial charge on any atom is 0.347 e. The molecule has 0 aliphatic carbocycles. The van der Waals surface area contributed by atoms with Crippen LogP contribution in [0.5, 0.6) is 5.75 Å². The zero-order valence-corrected chi connectivity index (χ0v) is 18.7. The Hall–Kier alpha value is -3.87. The van der Waals surface area contributed by atoms with Crippen molar-refractivity contribution in [2.24, 2.45) is 0 Å². The third kappa shape index (κ3) is 5.49. The molecule has 0 spiro atoms. The van der Waals surface area contributed by atoms with Crippen molar-refractivity contribution in [3.8, 4) is 5.75 Å². The van der Waals surface area contributed by atoms with E-state index in [1.165, 1.54) is 13.8 Å². The molecule has 2 aromatic heterocycles. The Morgan fingerprint density at radius 2 is 1.82 bits per heavy atom. The summed E-state index contributed by atoms with van der Waals surface area (Å²) in [6.45, 7) is 3.47. The zero-order valence-electron chi connectivity index (χ0n) is 18.7. The number of nitrogens with one attached hydrogen (secondary N) is 1. The van der Waals surface area contributed by atoms with Crippen LogP contribution in [0.3, 0.4) is 0 Å². The highest BCUT2D eigenvalue weighted by Gasteiger charge is 2.29. The van der Waals surface area contributed by atoms with Gasteiger partial charge in [-0.15, -0.1) is 0 Å². The Labute approximate surface area is 191 Å². The number of aromatic amines is 1. The number of H-pyrrole nitrogens is 1. The number of aliphatic carboxylic acids is 1. The maximum atomic E-state index is 12.4. The molecule has 4 aromatic rings. The molecule has 2 heterocycles. The van der Waals surface area contributed by atoms with Crippen molar-refractivity contribution in [2.75, 3.05) is 0 Å². The number of hydrogen-bond donors (Lipinski definition) is 2. The van der Waals surface area contributed by atoms with Crippen LogP contribution in [0.2, 0.25) is 0 Å². The Balaban J connectivity index is 1.32. The van der Waals surface area contributed by atoms with E-state index in [4.69, 9.17) is 4.74 Å². The average molecular weight is 446 g/mol. The van der Waals surface area contributed by atoms with Gasteiger partial charge in [-0.05, 0) is 62.9 Å². The van der Waals surface area contributed by atoms with Gasteiger partial charge >= 0.3 is 11.7 Å². The van der Waals surface area contributed by atoms with Gasteiger partial charge in [-0.2, -0.15) is 0 Å². The molecule has 4 rings (SSSR count). The molecule has 0 fully saturated rings. The highest BCUT2D eigenvalue weighted by atomic mass is 16.5. The number of pyridine rings is 1. The van der Waals surface area contributed by atoms with E-state index in [1.54, 1.807) is 16.7 Å². The number of rotatable bonds is 9. The SMILES string of the molecule is CC(C)(Oc1ccc(CCCc2cn(Cc3ccc4ccccc4n3)c(=O)[nH]2)cc1)C(=O)O. The monoisotopic (exact) mass is 445 g/mol. The van der Waals surface area contributed by atoms with Gasteiger partial charge in [0.05, 0.1) is 17.8 Å². The van der Waals surface area contributed by atoms with Gasteiger partial charge in [0.1, 0.15) is 5.75 Å². The van der Waals surface area contributed by atoms with Gasteiger partial charge in [0, 0.05) is 17.3 Å². The van der Waals surface area contributed by atoms with Crippen LogP contribution in [-0.2, 0) is 24.2 Å². The second-order valence-corrected chi connectivity index (χ2v) is 8.62. The summed E-state index contributed by atoms with van der Waals surface area (Å²) in [5.74, 6) is -0.487. The number of benzene rings is 2. The fourth-order valence-corrected chi connectivity index (χ4v) is 3.65. The molecular formula is C26H27N3O4. The lowest BCUT2D eigenvalue weighted by Crippen LogP contribution is -2.37. The summed E-state index contributed by atoms with van der Waals surface area (Å²) in [6, 6.07) is 19.3. The van der Waals surface area contributed by atoms with Gasteiger partial charge in [0.15, 0.2) is 5.60 Å². The average Bonchev–Trinajstić information content (AvgIpc) is 3.13. The van der Waals surface area contributed by atoms with Gasteiger partial charge in [0.25, 0.3) is 0 Å². The standard InChI is InChI=1S/C26H27N3O4/c1-26(2,24(30)31)33-22-14-10-18(11-15-22)6-5-8-20-16-29(25(32)28-20)17-21-13-12-19-7-3-4-9-23(19)27-21/h3-4,7,9-16H,5-6,8,17H2,1-2H3,(H,28,32)(H,30,31). The number of nitrogens with zero attached hydrogens (tertiary/aromatic N) is 2. The zero-order chi connectivity index (χ0) is 23.4. The van der Waals surface area contributed by atoms with Crippen molar-refractivity contribution < 1.29 is 14.6 Å². The minimum atomic E-state index is -1.27. The van der Waals surface area contributed by atoms with Crippen LogP contribution in [0, 0.1) is 0 Å². The molecule has 0 aliphatic rings. The van der Waals surface area contributed by atoms with E-state index in [0.29, 0.717) is 12.3 Å². The number of aryl methyl sites for hydroxylation is 2. The van der Waals surface area contributed by atoms with E-state index >= 15 is 0 Å². The summed E-state index contributed by atoms with van der Waals surface area (Å²) in [4.78, 5) is 31.1. The number of aromatic nitrogens is 3. The summed E-state index contributed by atoms with van der Waals surface area (Å²) in [5.41, 5.74) is 2.36. The van der Waals surface area contributed by atoms with Crippen molar-refractivity contribution in [2.45, 2.75) is 45.3 Å².